The van der Waals surface area contributed by atoms with Crippen LogP contribution in [-0.4, -0.2) is 23.9 Å². The third-order valence-corrected chi connectivity index (χ3v) is 4.43. The van der Waals surface area contributed by atoms with Gasteiger partial charge in [-0.25, -0.2) is 0 Å². The van der Waals surface area contributed by atoms with Crippen LogP contribution in [0.3, 0.4) is 0 Å². The Labute approximate surface area is 104 Å². The van der Waals surface area contributed by atoms with Gasteiger partial charge in [-0.2, -0.15) is 5.26 Å². The van der Waals surface area contributed by atoms with E-state index in [1.54, 1.807) is 0 Å². The second kappa shape index (κ2) is 5.08. The maximum Gasteiger partial charge on any atom is 0.243 e. The number of carbonyl (C=O) groups is 1. The minimum absolute atomic E-state index is 0.112. The van der Waals surface area contributed by atoms with E-state index in [4.69, 9.17) is 0 Å². The van der Waals surface area contributed by atoms with E-state index in [9.17, 15) is 10.1 Å². The topological polar surface area (TPSA) is 44.1 Å². The summed E-state index contributed by atoms with van der Waals surface area (Å²) >= 11 is 0. The first-order valence-electron chi connectivity index (χ1n) is 6.92. The number of rotatable bonds is 3. The number of nitrogens with zero attached hydrogens (tertiary/aromatic N) is 2. The van der Waals surface area contributed by atoms with E-state index < -0.39 is 5.41 Å². The zero-order chi connectivity index (χ0) is 12.3. The molecule has 0 unspecified atom stereocenters. The third-order valence-electron chi connectivity index (χ3n) is 4.43. The molecule has 0 aromatic rings. The Hall–Kier alpha value is -1.04. The number of hydrogen-bond acceptors (Lipinski definition) is 2. The molecule has 0 spiro atoms. The monoisotopic (exact) mass is 234 g/mol. The van der Waals surface area contributed by atoms with Crippen LogP contribution in [0, 0.1) is 22.7 Å². The van der Waals surface area contributed by atoms with Gasteiger partial charge < -0.3 is 4.90 Å². The summed E-state index contributed by atoms with van der Waals surface area (Å²) in [5.41, 5.74) is -0.641. The standard InChI is InChI=1S/C14H22N2O/c1-2-4-12-5-9-16(10-6-12)13(17)14(11-15)7-3-8-14/h12H,2-10H2,1H3. The van der Waals surface area contributed by atoms with E-state index in [0.29, 0.717) is 0 Å². The normalized spacial score (nSPS) is 23.9. The second-order valence-corrected chi connectivity index (χ2v) is 5.57. The van der Waals surface area contributed by atoms with Gasteiger partial charge in [0.1, 0.15) is 5.41 Å². The summed E-state index contributed by atoms with van der Waals surface area (Å²) < 4.78 is 0. The first-order chi connectivity index (χ1) is 8.22. The van der Waals surface area contributed by atoms with Crippen molar-refractivity contribution in [3.63, 3.8) is 0 Å². The maximum atomic E-state index is 12.3. The van der Waals surface area contributed by atoms with Gasteiger partial charge in [-0.1, -0.05) is 19.8 Å². The Bertz CT molecular complexity index is 320. The van der Waals surface area contributed by atoms with Gasteiger partial charge in [-0.15, -0.1) is 0 Å². The molecule has 3 heteroatoms. The molecule has 0 aromatic heterocycles. The average Bonchev–Trinajstić information content (AvgIpc) is 2.29. The van der Waals surface area contributed by atoms with Crippen LogP contribution >= 0.6 is 0 Å². The minimum atomic E-state index is -0.641. The highest BCUT2D eigenvalue weighted by Gasteiger charge is 2.47. The number of amides is 1. The highest BCUT2D eigenvalue weighted by Crippen LogP contribution is 2.42. The van der Waals surface area contributed by atoms with Crippen LogP contribution < -0.4 is 0 Å². The van der Waals surface area contributed by atoms with Crippen LogP contribution in [0.4, 0.5) is 0 Å². The predicted molar refractivity (Wildman–Crippen MR) is 66.1 cm³/mol. The minimum Gasteiger partial charge on any atom is -0.341 e. The Balaban J connectivity index is 1.88. The molecule has 2 rings (SSSR count). The molecule has 1 aliphatic carbocycles. The number of nitriles is 1. The van der Waals surface area contributed by atoms with Gasteiger partial charge in [-0.3, -0.25) is 4.79 Å². The summed E-state index contributed by atoms with van der Waals surface area (Å²) in [5, 5.41) is 9.18. The maximum absolute atomic E-state index is 12.3. The highest BCUT2D eigenvalue weighted by atomic mass is 16.2. The van der Waals surface area contributed by atoms with Crippen molar-refractivity contribution in [2.45, 2.75) is 51.9 Å². The largest absolute Gasteiger partial charge is 0.341 e. The quantitative estimate of drug-likeness (QED) is 0.753. The van der Waals surface area contributed by atoms with Crippen molar-refractivity contribution in [3.8, 4) is 6.07 Å². The zero-order valence-electron chi connectivity index (χ0n) is 10.7. The van der Waals surface area contributed by atoms with Gasteiger partial charge >= 0.3 is 0 Å². The number of likely N-dealkylation sites (tertiary alicyclic amines) is 1. The van der Waals surface area contributed by atoms with Crippen molar-refractivity contribution in [2.75, 3.05) is 13.1 Å². The summed E-state index contributed by atoms with van der Waals surface area (Å²) in [5.74, 6) is 0.907. The average molecular weight is 234 g/mol. The van der Waals surface area contributed by atoms with Crippen LogP contribution in [-0.2, 0) is 4.79 Å². The van der Waals surface area contributed by atoms with Crippen molar-refractivity contribution in [2.24, 2.45) is 11.3 Å². The number of hydrogen-bond donors (Lipinski definition) is 0. The molecule has 1 saturated heterocycles. The summed E-state index contributed by atoms with van der Waals surface area (Å²) in [4.78, 5) is 14.2. The van der Waals surface area contributed by atoms with Crippen LogP contribution in [0.5, 0.6) is 0 Å². The summed E-state index contributed by atoms with van der Waals surface area (Å²) in [7, 11) is 0. The summed E-state index contributed by atoms with van der Waals surface area (Å²) in [6.07, 6.45) is 7.36. The number of piperidine rings is 1. The van der Waals surface area contributed by atoms with E-state index in [1.807, 2.05) is 4.90 Å². The Morgan fingerprint density at radius 3 is 2.47 bits per heavy atom. The molecule has 0 bridgehead atoms. The first-order valence-corrected chi connectivity index (χ1v) is 6.92. The predicted octanol–water partition coefficient (Wildman–Crippen LogP) is 2.72. The van der Waals surface area contributed by atoms with E-state index >= 15 is 0 Å². The zero-order valence-corrected chi connectivity index (χ0v) is 10.7. The molecule has 1 aliphatic heterocycles. The lowest BCUT2D eigenvalue weighted by Crippen LogP contribution is -2.49. The van der Waals surface area contributed by atoms with Crippen molar-refractivity contribution in [1.82, 2.24) is 4.90 Å². The summed E-state index contributed by atoms with van der Waals surface area (Å²) in [6, 6.07) is 2.26. The van der Waals surface area contributed by atoms with Gasteiger partial charge in [0.25, 0.3) is 0 Å². The fourth-order valence-electron chi connectivity index (χ4n) is 3.04. The molecule has 1 heterocycles. The van der Waals surface area contributed by atoms with Crippen LogP contribution in [0.1, 0.15) is 51.9 Å². The van der Waals surface area contributed by atoms with E-state index in [1.165, 1.54) is 12.8 Å². The third kappa shape index (κ3) is 2.31. The van der Waals surface area contributed by atoms with Crippen molar-refractivity contribution in [1.29, 1.82) is 5.26 Å². The second-order valence-electron chi connectivity index (χ2n) is 5.57. The van der Waals surface area contributed by atoms with Crippen molar-refractivity contribution in [3.05, 3.63) is 0 Å². The lowest BCUT2D eigenvalue weighted by molar-refractivity contribution is -0.144. The van der Waals surface area contributed by atoms with Gasteiger partial charge in [0.05, 0.1) is 6.07 Å². The van der Waals surface area contributed by atoms with E-state index in [2.05, 4.69) is 13.0 Å². The van der Waals surface area contributed by atoms with Crippen LogP contribution in [0.25, 0.3) is 0 Å². The number of carbonyl (C=O) groups excluding carboxylic acids is 1. The van der Waals surface area contributed by atoms with E-state index in [-0.39, 0.29) is 5.91 Å². The van der Waals surface area contributed by atoms with Gasteiger partial charge in [0, 0.05) is 13.1 Å². The summed E-state index contributed by atoms with van der Waals surface area (Å²) in [6.45, 7) is 3.95. The molecule has 3 nitrogen and oxygen atoms in total. The molecular weight excluding hydrogens is 212 g/mol. The molecule has 0 radical (unpaired) electrons. The molecule has 1 amide bonds. The lowest BCUT2D eigenvalue weighted by Gasteiger charge is -2.40. The van der Waals surface area contributed by atoms with E-state index in [0.717, 1.165) is 51.1 Å². The molecule has 17 heavy (non-hydrogen) atoms. The SMILES string of the molecule is CCCC1CCN(C(=O)C2(C#N)CCC2)CC1. The molecule has 2 aliphatic rings. The van der Waals surface area contributed by atoms with Gasteiger partial charge in [0.2, 0.25) is 5.91 Å². The van der Waals surface area contributed by atoms with Crippen molar-refractivity contribution >= 4 is 5.91 Å². The molecule has 1 saturated carbocycles. The Kier molecular flexibility index (Phi) is 3.71. The van der Waals surface area contributed by atoms with Crippen molar-refractivity contribution < 1.29 is 4.79 Å². The smallest absolute Gasteiger partial charge is 0.243 e. The fourth-order valence-corrected chi connectivity index (χ4v) is 3.04. The fraction of sp³-hybridized carbons (Fsp3) is 0.857. The Morgan fingerprint density at radius 1 is 1.41 bits per heavy atom. The molecule has 0 N–H and O–H groups in total. The van der Waals surface area contributed by atoms with Crippen LogP contribution in [0.15, 0.2) is 0 Å². The Morgan fingerprint density at radius 2 is 2.06 bits per heavy atom. The lowest BCUT2D eigenvalue weighted by atomic mass is 9.68. The first kappa shape index (κ1) is 12.4. The van der Waals surface area contributed by atoms with Crippen LogP contribution in [0.2, 0.25) is 0 Å². The molecule has 2 fully saturated rings. The van der Waals surface area contributed by atoms with Gasteiger partial charge in [-0.05, 0) is 38.0 Å². The molecule has 0 atom stereocenters. The molecular formula is C14H22N2O. The highest BCUT2D eigenvalue weighted by molar-refractivity contribution is 5.86. The molecule has 94 valence electrons. The van der Waals surface area contributed by atoms with Gasteiger partial charge in [0.15, 0.2) is 0 Å². The molecule has 0 aromatic carbocycles.